The van der Waals surface area contributed by atoms with Crippen LogP contribution in [0.2, 0.25) is 0 Å². The van der Waals surface area contributed by atoms with E-state index in [-0.39, 0.29) is 11.6 Å². The van der Waals surface area contributed by atoms with Gasteiger partial charge in [0.2, 0.25) is 0 Å². The van der Waals surface area contributed by atoms with Gasteiger partial charge in [0.15, 0.2) is 5.82 Å². The summed E-state index contributed by atoms with van der Waals surface area (Å²) < 4.78 is 26.9. The van der Waals surface area contributed by atoms with E-state index in [9.17, 15) is 8.78 Å². The maximum absolute atomic E-state index is 14.1. The quantitative estimate of drug-likeness (QED) is 0.649. The Morgan fingerprint density at radius 2 is 1.76 bits per heavy atom. The smallest absolute Gasteiger partial charge is 0.156 e. The topological polar surface area (TPSA) is 15.8 Å². The lowest BCUT2D eigenvalue weighted by molar-refractivity contribution is 0.627. The van der Waals surface area contributed by atoms with Crippen molar-refractivity contribution in [1.82, 2.24) is 4.98 Å². The van der Waals surface area contributed by atoms with Gasteiger partial charge >= 0.3 is 0 Å². The lowest BCUT2D eigenvalue weighted by Crippen LogP contribution is -1.81. The predicted molar refractivity (Wildman–Crippen MR) is 62.5 cm³/mol. The number of nitrogens with one attached hydrogen (secondary N) is 1. The van der Waals surface area contributed by atoms with Gasteiger partial charge in [-0.05, 0) is 42.5 Å². The molecule has 0 saturated carbocycles. The molecule has 83 valence electrons. The van der Waals surface area contributed by atoms with Crippen LogP contribution >= 0.6 is 0 Å². The Balaban J connectivity index is 2.24. The molecule has 3 rings (SSSR count). The van der Waals surface area contributed by atoms with Crippen LogP contribution in [0.5, 0.6) is 0 Å². The molecule has 0 bridgehead atoms. The van der Waals surface area contributed by atoms with Gasteiger partial charge in [0.05, 0.1) is 5.69 Å². The Hall–Kier alpha value is -2.16. The zero-order valence-corrected chi connectivity index (χ0v) is 8.80. The molecule has 0 amide bonds. The van der Waals surface area contributed by atoms with Gasteiger partial charge in [-0.2, -0.15) is 0 Å². The number of fused-ring (bicyclic) bond motifs is 1. The van der Waals surface area contributed by atoms with E-state index in [0.717, 1.165) is 0 Å². The molecule has 0 fully saturated rings. The summed E-state index contributed by atoms with van der Waals surface area (Å²) in [5.41, 5.74) is 1.71. The lowest BCUT2D eigenvalue weighted by atomic mass is 10.1. The van der Waals surface area contributed by atoms with Crippen LogP contribution in [0.1, 0.15) is 0 Å². The van der Waals surface area contributed by atoms with Crippen LogP contribution in [0.4, 0.5) is 8.78 Å². The fraction of sp³-hybridized carbons (Fsp3) is 0. The van der Waals surface area contributed by atoms with Crippen LogP contribution < -0.4 is 0 Å². The summed E-state index contributed by atoms with van der Waals surface area (Å²) >= 11 is 0. The van der Waals surface area contributed by atoms with E-state index in [0.29, 0.717) is 22.2 Å². The van der Waals surface area contributed by atoms with Gasteiger partial charge in [-0.25, -0.2) is 8.78 Å². The fourth-order valence-electron chi connectivity index (χ4n) is 1.86. The van der Waals surface area contributed by atoms with Gasteiger partial charge in [-0.15, -0.1) is 0 Å². The van der Waals surface area contributed by atoms with Gasteiger partial charge in [0.1, 0.15) is 5.82 Å². The summed E-state index contributed by atoms with van der Waals surface area (Å²) in [5.74, 6) is -0.665. The summed E-state index contributed by atoms with van der Waals surface area (Å²) in [7, 11) is 0. The summed E-state index contributed by atoms with van der Waals surface area (Å²) in [5, 5.41) is 0.492. The number of H-pyrrole nitrogens is 1. The van der Waals surface area contributed by atoms with Crippen molar-refractivity contribution in [2.24, 2.45) is 0 Å². The van der Waals surface area contributed by atoms with Crippen molar-refractivity contribution in [3.63, 3.8) is 0 Å². The molecule has 3 heteroatoms. The zero-order chi connectivity index (χ0) is 11.8. The molecule has 0 unspecified atom stereocenters. The molecule has 0 aliphatic rings. The Bertz CT molecular complexity index is 668. The van der Waals surface area contributed by atoms with Gasteiger partial charge in [0.25, 0.3) is 0 Å². The van der Waals surface area contributed by atoms with Crippen molar-refractivity contribution in [1.29, 1.82) is 0 Å². The monoisotopic (exact) mass is 228 g/mol. The van der Waals surface area contributed by atoms with Gasteiger partial charge < -0.3 is 4.98 Å². The largest absolute Gasteiger partial charge is 0.352 e. The molecule has 0 aliphatic heterocycles. The van der Waals surface area contributed by atoms with Crippen molar-refractivity contribution in [2.75, 3.05) is 0 Å². The van der Waals surface area contributed by atoms with Crippen molar-refractivity contribution in [2.45, 2.75) is 0 Å². The number of benzene rings is 2. The number of rotatable bonds is 1. The molecular formula is C14H8F2N. The molecule has 3 aromatic rings. The minimum Gasteiger partial charge on any atom is -0.352 e. The second-order valence-corrected chi connectivity index (χ2v) is 3.79. The summed E-state index contributed by atoms with van der Waals surface area (Å²) in [4.78, 5) is 2.98. The van der Waals surface area contributed by atoms with E-state index < -0.39 is 0 Å². The van der Waals surface area contributed by atoms with Crippen LogP contribution in [0.3, 0.4) is 0 Å². The van der Waals surface area contributed by atoms with Gasteiger partial charge in [-0.1, -0.05) is 6.07 Å². The minimum absolute atomic E-state index is 0.330. The van der Waals surface area contributed by atoms with E-state index in [1.165, 1.54) is 12.1 Å². The fourth-order valence-corrected chi connectivity index (χ4v) is 1.86. The van der Waals surface area contributed by atoms with Crippen molar-refractivity contribution in [3.05, 3.63) is 60.2 Å². The number of aromatic nitrogens is 1. The Morgan fingerprint density at radius 1 is 1.00 bits per heavy atom. The lowest BCUT2D eigenvalue weighted by Gasteiger charge is -1.97. The van der Waals surface area contributed by atoms with Crippen LogP contribution in [0.15, 0.2) is 42.5 Å². The third-order valence-electron chi connectivity index (χ3n) is 2.71. The molecule has 17 heavy (non-hydrogen) atoms. The first-order valence-electron chi connectivity index (χ1n) is 5.19. The second kappa shape index (κ2) is 3.70. The first kappa shape index (κ1) is 10.0. The second-order valence-electron chi connectivity index (χ2n) is 3.79. The molecule has 0 atom stereocenters. The van der Waals surface area contributed by atoms with Crippen molar-refractivity contribution < 1.29 is 8.78 Å². The number of hydrogen-bond acceptors (Lipinski definition) is 0. The number of halogens is 2. The molecule has 0 aliphatic carbocycles. The van der Waals surface area contributed by atoms with E-state index in [4.69, 9.17) is 0 Å². The summed E-state index contributed by atoms with van der Waals surface area (Å²) in [6.45, 7) is 0. The highest BCUT2D eigenvalue weighted by Crippen LogP contribution is 2.28. The first-order chi connectivity index (χ1) is 8.25. The summed E-state index contributed by atoms with van der Waals surface area (Å²) in [6, 6.07) is 13.6. The molecule has 1 aromatic heterocycles. The highest BCUT2D eigenvalue weighted by atomic mass is 19.1. The third kappa shape index (κ3) is 1.60. The molecule has 1 N–H and O–H groups in total. The Labute approximate surface area is 96.7 Å². The normalized spacial score (nSPS) is 10.9. The molecule has 1 heterocycles. The summed E-state index contributed by atoms with van der Waals surface area (Å²) in [6.07, 6.45) is 0. The van der Waals surface area contributed by atoms with Crippen molar-refractivity contribution >= 4 is 10.9 Å². The van der Waals surface area contributed by atoms with E-state index in [2.05, 4.69) is 11.1 Å². The molecule has 1 radical (unpaired) electrons. The standard InChI is InChI=1S/C14H8F2N/c15-10-7-5-9(6-8-10)14-13(16)11-3-1-2-4-12(11)17-14/h2-8,17H. The number of hydrogen-bond donors (Lipinski definition) is 1. The highest BCUT2D eigenvalue weighted by molar-refractivity contribution is 5.86. The zero-order valence-electron chi connectivity index (χ0n) is 8.80. The van der Waals surface area contributed by atoms with E-state index in [1.807, 2.05) is 0 Å². The number of aromatic amines is 1. The molecule has 1 nitrogen and oxygen atoms in total. The first-order valence-corrected chi connectivity index (χ1v) is 5.19. The van der Waals surface area contributed by atoms with Crippen LogP contribution in [0, 0.1) is 17.7 Å². The molecular weight excluding hydrogens is 220 g/mol. The van der Waals surface area contributed by atoms with Crippen LogP contribution in [-0.2, 0) is 0 Å². The predicted octanol–water partition coefficient (Wildman–Crippen LogP) is 3.91. The van der Waals surface area contributed by atoms with Gasteiger partial charge in [0, 0.05) is 16.5 Å². The van der Waals surface area contributed by atoms with E-state index >= 15 is 0 Å². The SMILES string of the molecule is Fc1ccc(-c2[nH]c3cc[c]cc3c2F)cc1. The van der Waals surface area contributed by atoms with Crippen LogP contribution in [-0.4, -0.2) is 4.98 Å². The molecule has 0 spiro atoms. The minimum atomic E-state index is -0.335. The Morgan fingerprint density at radius 3 is 2.47 bits per heavy atom. The van der Waals surface area contributed by atoms with Crippen molar-refractivity contribution in [3.8, 4) is 11.3 Å². The van der Waals surface area contributed by atoms with Gasteiger partial charge in [-0.3, -0.25) is 0 Å². The Kier molecular flexibility index (Phi) is 2.18. The maximum Gasteiger partial charge on any atom is 0.156 e. The van der Waals surface area contributed by atoms with Crippen LogP contribution in [0.25, 0.3) is 22.2 Å². The highest BCUT2D eigenvalue weighted by Gasteiger charge is 2.12. The van der Waals surface area contributed by atoms with E-state index in [1.54, 1.807) is 30.3 Å². The average Bonchev–Trinajstić information content (AvgIpc) is 2.69. The third-order valence-corrected chi connectivity index (χ3v) is 2.71. The molecule has 2 aromatic carbocycles. The molecule has 0 saturated heterocycles. The average molecular weight is 228 g/mol. The maximum atomic E-state index is 14.1.